The Kier molecular flexibility index (Phi) is 3.79. The first kappa shape index (κ1) is 12.4. The molecule has 2 aromatic rings. The molecule has 0 amide bonds. The Bertz CT molecular complexity index is 523. The Balaban J connectivity index is 2.04. The number of hydrogen-bond acceptors (Lipinski definition) is 4. The largest absolute Gasteiger partial charge is 0.396 e. The fraction of sp³-hybridized carbons (Fsp3) is 0.214. The molecule has 0 spiro atoms. The molecule has 2 rings (SSSR count). The maximum atomic E-state index is 8.96. The van der Waals surface area contributed by atoms with E-state index in [2.05, 4.69) is 10.3 Å². The van der Waals surface area contributed by atoms with E-state index in [9.17, 15) is 0 Å². The summed E-state index contributed by atoms with van der Waals surface area (Å²) in [5, 5.41) is 12.2. The topological polar surface area (TPSA) is 71.2 Å². The Morgan fingerprint density at radius 1 is 1.11 bits per heavy atom. The van der Waals surface area contributed by atoms with Crippen LogP contribution in [0.3, 0.4) is 0 Å². The van der Waals surface area contributed by atoms with E-state index in [1.165, 1.54) is 0 Å². The van der Waals surface area contributed by atoms with Gasteiger partial charge in [-0.3, -0.25) is 0 Å². The lowest BCUT2D eigenvalue weighted by molar-refractivity contribution is 0.282. The van der Waals surface area contributed by atoms with E-state index in [-0.39, 0.29) is 6.61 Å². The summed E-state index contributed by atoms with van der Waals surface area (Å²) in [5.74, 6) is 0.709. The first-order valence-corrected chi connectivity index (χ1v) is 5.84. The first-order valence-electron chi connectivity index (χ1n) is 5.84. The summed E-state index contributed by atoms with van der Waals surface area (Å²) >= 11 is 0. The summed E-state index contributed by atoms with van der Waals surface area (Å²) in [6.45, 7) is 2.66. The molecular formula is C14H17N3O. The number of hydrogen-bond donors (Lipinski definition) is 3. The van der Waals surface area contributed by atoms with Gasteiger partial charge >= 0.3 is 0 Å². The molecule has 1 aromatic carbocycles. The standard InChI is InChI=1S/C14H17N3O/c1-10-2-7-13(15)14(17-10)16-8-11-3-5-12(9-18)6-4-11/h2-7,18H,8-9,15H2,1H3,(H,16,17). The molecule has 1 aromatic heterocycles. The molecule has 4 nitrogen and oxygen atoms in total. The molecule has 0 atom stereocenters. The Morgan fingerprint density at radius 3 is 2.44 bits per heavy atom. The number of anilines is 2. The van der Waals surface area contributed by atoms with Crippen LogP contribution in [-0.2, 0) is 13.2 Å². The second kappa shape index (κ2) is 5.51. The van der Waals surface area contributed by atoms with Crippen molar-refractivity contribution in [1.82, 2.24) is 4.98 Å². The minimum absolute atomic E-state index is 0.0695. The Labute approximate surface area is 106 Å². The molecule has 1 heterocycles. The number of nitrogen functional groups attached to an aromatic ring is 1. The van der Waals surface area contributed by atoms with E-state index in [1.807, 2.05) is 43.3 Å². The summed E-state index contributed by atoms with van der Waals surface area (Å²) in [6, 6.07) is 11.5. The lowest BCUT2D eigenvalue weighted by Crippen LogP contribution is -2.05. The van der Waals surface area contributed by atoms with Crippen molar-refractivity contribution in [1.29, 1.82) is 0 Å². The van der Waals surface area contributed by atoms with E-state index < -0.39 is 0 Å². The third-order valence-corrected chi connectivity index (χ3v) is 2.73. The minimum atomic E-state index is 0.0695. The van der Waals surface area contributed by atoms with Crippen LogP contribution in [0.15, 0.2) is 36.4 Å². The maximum Gasteiger partial charge on any atom is 0.149 e. The predicted molar refractivity (Wildman–Crippen MR) is 73.1 cm³/mol. The highest BCUT2D eigenvalue weighted by atomic mass is 16.3. The molecule has 0 bridgehead atoms. The zero-order chi connectivity index (χ0) is 13.0. The SMILES string of the molecule is Cc1ccc(N)c(NCc2ccc(CO)cc2)n1. The molecule has 18 heavy (non-hydrogen) atoms. The van der Waals surface area contributed by atoms with Crippen LogP contribution in [0, 0.1) is 6.92 Å². The van der Waals surface area contributed by atoms with Crippen LogP contribution in [0.2, 0.25) is 0 Å². The first-order chi connectivity index (χ1) is 8.69. The number of aliphatic hydroxyl groups is 1. The van der Waals surface area contributed by atoms with Crippen molar-refractivity contribution in [3.05, 3.63) is 53.2 Å². The number of pyridine rings is 1. The van der Waals surface area contributed by atoms with Gasteiger partial charge in [0.25, 0.3) is 0 Å². The summed E-state index contributed by atoms with van der Waals surface area (Å²) < 4.78 is 0. The number of aryl methyl sites for hydroxylation is 1. The van der Waals surface area contributed by atoms with Crippen molar-refractivity contribution in [3.63, 3.8) is 0 Å². The van der Waals surface area contributed by atoms with E-state index in [1.54, 1.807) is 0 Å². The number of aromatic nitrogens is 1. The fourth-order valence-electron chi connectivity index (χ4n) is 1.66. The van der Waals surface area contributed by atoms with E-state index in [4.69, 9.17) is 10.8 Å². The van der Waals surface area contributed by atoms with Crippen LogP contribution in [0.4, 0.5) is 11.5 Å². The van der Waals surface area contributed by atoms with E-state index in [0.717, 1.165) is 16.8 Å². The minimum Gasteiger partial charge on any atom is -0.396 e. The second-order valence-corrected chi connectivity index (χ2v) is 4.22. The molecule has 0 saturated carbocycles. The summed E-state index contributed by atoms with van der Waals surface area (Å²) in [5.41, 5.74) is 9.45. The maximum absolute atomic E-state index is 8.96. The van der Waals surface area contributed by atoms with Gasteiger partial charge in [0.2, 0.25) is 0 Å². The van der Waals surface area contributed by atoms with Gasteiger partial charge in [-0.15, -0.1) is 0 Å². The average Bonchev–Trinajstić information content (AvgIpc) is 2.40. The molecule has 0 unspecified atom stereocenters. The molecule has 94 valence electrons. The lowest BCUT2D eigenvalue weighted by Gasteiger charge is -2.09. The van der Waals surface area contributed by atoms with Gasteiger partial charge in [0, 0.05) is 12.2 Å². The summed E-state index contributed by atoms with van der Waals surface area (Å²) in [4.78, 5) is 4.35. The zero-order valence-electron chi connectivity index (χ0n) is 10.4. The van der Waals surface area contributed by atoms with Crippen LogP contribution in [0.25, 0.3) is 0 Å². The van der Waals surface area contributed by atoms with Gasteiger partial charge in [-0.1, -0.05) is 24.3 Å². The number of nitrogens with zero attached hydrogens (tertiary/aromatic N) is 1. The van der Waals surface area contributed by atoms with Crippen molar-refractivity contribution in [2.45, 2.75) is 20.1 Å². The Morgan fingerprint density at radius 2 is 1.78 bits per heavy atom. The molecule has 0 aliphatic carbocycles. The molecule has 4 heteroatoms. The molecule has 0 fully saturated rings. The normalized spacial score (nSPS) is 10.3. The monoisotopic (exact) mass is 243 g/mol. The highest BCUT2D eigenvalue weighted by Crippen LogP contribution is 2.16. The van der Waals surface area contributed by atoms with Crippen molar-refractivity contribution in [2.75, 3.05) is 11.1 Å². The molecule has 0 saturated heterocycles. The molecule has 0 aliphatic rings. The summed E-state index contributed by atoms with van der Waals surface area (Å²) in [7, 11) is 0. The van der Waals surface area contributed by atoms with E-state index in [0.29, 0.717) is 18.1 Å². The number of benzene rings is 1. The van der Waals surface area contributed by atoms with Crippen molar-refractivity contribution in [3.8, 4) is 0 Å². The number of nitrogens with two attached hydrogens (primary N) is 1. The van der Waals surface area contributed by atoms with E-state index >= 15 is 0 Å². The van der Waals surface area contributed by atoms with Crippen molar-refractivity contribution in [2.24, 2.45) is 0 Å². The number of nitrogens with one attached hydrogen (secondary N) is 1. The zero-order valence-corrected chi connectivity index (χ0v) is 10.4. The van der Waals surface area contributed by atoms with Gasteiger partial charge in [0.1, 0.15) is 5.82 Å². The highest BCUT2D eigenvalue weighted by Gasteiger charge is 2.01. The third kappa shape index (κ3) is 2.99. The second-order valence-electron chi connectivity index (χ2n) is 4.22. The number of aliphatic hydroxyl groups excluding tert-OH is 1. The van der Waals surface area contributed by atoms with Gasteiger partial charge in [0.15, 0.2) is 0 Å². The van der Waals surface area contributed by atoms with Gasteiger partial charge in [-0.25, -0.2) is 4.98 Å². The molecule has 0 aliphatic heterocycles. The van der Waals surface area contributed by atoms with Crippen LogP contribution < -0.4 is 11.1 Å². The van der Waals surface area contributed by atoms with Crippen LogP contribution in [-0.4, -0.2) is 10.1 Å². The third-order valence-electron chi connectivity index (χ3n) is 2.73. The van der Waals surface area contributed by atoms with Crippen LogP contribution >= 0.6 is 0 Å². The van der Waals surface area contributed by atoms with Gasteiger partial charge in [-0.05, 0) is 30.2 Å². The highest BCUT2D eigenvalue weighted by molar-refractivity contribution is 5.61. The van der Waals surface area contributed by atoms with Crippen molar-refractivity contribution < 1.29 is 5.11 Å². The average molecular weight is 243 g/mol. The van der Waals surface area contributed by atoms with Gasteiger partial charge in [0.05, 0.1) is 12.3 Å². The van der Waals surface area contributed by atoms with Crippen molar-refractivity contribution >= 4 is 11.5 Å². The molecule has 4 N–H and O–H groups in total. The molecule has 0 radical (unpaired) electrons. The Hall–Kier alpha value is -2.07. The van der Waals surface area contributed by atoms with Gasteiger partial charge in [-0.2, -0.15) is 0 Å². The lowest BCUT2D eigenvalue weighted by atomic mass is 10.1. The number of rotatable bonds is 4. The smallest absolute Gasteiger partial charge is 0.149 e. The summed E-state index contributed by atoms with van der Waals surface area (Å²) in [6.07, 6.45) is 0. The van der Waals surface area contributed by atoms with Crippen LogP contribution in [0.5, 0.6) is 0 Å². The molecular weight excluding hydrogens is 226 g/mol. The quantitative estimate of drug-likeness (QED) is 0.768. The fourth-order valence-corrected chi connectivity index (χ4v) is 1.66. The predicted octanol–water partition coefficient (Wildman–Crippen LogP) is 2.08. The van der Waals surface area contributed by atoms with Gasteiger partial charge < -0.3 is 16.2 Å². The van der Waals surface area contributed by atoms with Crippen LogP contribution in [0.1, 0.15) is 16.8 Å².